The molecule has 1 aromatic carbocycles. The van der Waals surface area contributed by atoms with Crippen molar-refractivity contribution in [1.29, 1.82) is 5.26 Å². The molecule has 1 aromatic rings. The van der Waals surface area contributed by atoms with Gasteiger partial charge in [-0.3, -0.25) is 0 Å². The Labute approximate surface area is 132 Å². The van der Waals surface area contributed by atoms with Gasteiger partial charge < -0.3 is 4.74 Å². The Morgan fingerprint density at radius 2 is 2.14 bits per heavy atom. The molecule has 2 atom stereocenters. The van der Waals surface area contributed by atoms with Crippen LogP contribution in [-0.4, -0.2) is 32.9 Å². The van der Waals surface area contributed by atoms with Crippen molar-refractivity contribution in [2.24, 2.45) is 5.92 Å². The van der Waals surface area contributed by atoms with Gasteiger partial charge in [0.15, 0.2) is 0 Å². The van der Waals surface area contributed by atoms with Crippen LogP contribution in [0.2, 0.25) is 0 Å². The van der Waals surface area contributed by atoms with Crippen LogP contribution in [0, 0.1) is 17.2 Å². The number of rotatable bonds is 5. The summed E-state index contributed by atoms with van der Waals surface area (Å²) in [4.78, 5) is 0. The van der Waals surface area contributed by atoms with Crippen molar-refractivity contribution in [3.63, 3.8) is 0 Å². The first-order valence-electron chi connectivity index (χ1n) is 7.51. The van der Waals surface area contributed by atoms with Crippen LogP contribution in [0.25, 0.3) is 0 Å². The number of sulfonamides is 1. The van der Waals surface area contributed by atoms with Gasteiger partial charge in [-0.25, -0.2) is 13.1 Å². The van der Waals surface area contributed by atoms with Crippen molar-refractivity contribution in [3.05, 3.63) is 35.4 Å². The molecule has 0 spiro atoms. The smallest absolute Gasteiger partial charge is 0.215 e. The van der Waals surface area contributed by atoms with Crippen LogP contribution in [-0.2, 0) is 21.2 Å². The Morgan fingerprint density at radius 1 is 1.41 bits per heavy atom. The molecule has 22 heavy (non-hydrogen) atoms. The molecule has 1 fully saturated rings. The normalized spacial score (nSPS) is 22.5. The highest BCUT2D eigenvalue weighted by Crippen LogP contribution is 2.26. The first-order valence-corrected chi connectivity index (χ1v) is 9.05. The summed E-state index contributed by atoms with van der Waals surface area (Å²) in [5.74, 6) is -0.139. The van der Waals surface area contributed by atoms with Gasteiger partial charge in [-0.2, -0.15) is 5.26 Å². The molecule has 0 bridgehead atoms. The van der Waals surface area contributed by atoms with Crippen LogP contribution in [0.4, 0.5) is 0 Å². The van der Waals surface area contributed by atoms with Crippen molar-refractivity contribution < 1.29 is 13.2 Å². The lowest BCUT2D eigenvalue weighted by Gasteiger charge is -2.32. The molecular formula is C16H22N2O3S. The van der Waals surface area contributed by atoms with E-state index < -0.39 is 15.3 Å². The summed E-state index contributed by atoms with van der Waals surface area (Å²) in [6, 6.07) is 9.36. The van der Waals surface area contributed by atoms with Gasteiger partial charge >= 0.3 is 0 Å². The lowest BCUT2D eigenvalue weighted by Crippen LogP contribution is -2.46. The van der Waals surface area contributed by atoms with E-state index in [0.29, 0.717) is 31.6 Å². The minimum atomic E-state index is -3.38. The molecule has 1 N–H and O–H groups in total. The fourth-order valence-electron chi connectivity index (χ4n) is 2.88. The number of hydrogen-bond donors (Lipinski definition) is 1. The maximum Gasteiger partial charge on any atom is 0.215 e. The third-order valence-electron chi connectivity index (χ3n) is 3.82. The van der Waals surface area contributed by atoms with Gasteiger partial charge in [0.2, 0.25) is 10.0 Å². The minimum absolute atomic E-state index is 0.125. The molecule has 120 valence electrons. The van der Waals surface area contributed by atoms with E-state index in [2.05, 4.69) is 10.8 Å². The standard InChI is InChI=1S/C16H22N2O3S/c1-12(2)18-22(19,20)16-7-8-21-11-15(16)9-13-5-3-4-6-14(13)10-17/h3-6,12,15-16,18H,7-9,11H2,1-2H3/t15-,16-/m1/s1. The van der Waals surface area contributed by atoms with Crippen molar-refractivity contribution in [1.82, 2.24) is 4.72 Å². The number of nitrogens with zero attached hydrogens (tertiary/aromatic N) is 1. The molecule has 1 heterocycles. The van der Waals surface area contributed by atoms with Gasteiger partial charge in [-0.15, -0.1) is 0 Å². The first kappa shape index (κ1) is 16.9. The molecule has 0 unspecified atom stereocenters. The monoisotopic (exact) mass is 322 g/mol. The molecule has 0 aromatic heterocycles. The topological polar surface area (TPSA) is 79.2 Å². The minimum Gasteiger partial charge on any atom is -0.381 e. The van der Waals surface area contributed by atoms with Gasteiger partial charge in [0.25, 0.3) is 0 Å². The molecule has 0 aliphatic carbocycles. The summed E-state index contributed by atoms with van der Waals surface area (Å²) in [5.41, 5.74) is 1.48. The predicted octanol–water partition coefficient (Wildman–Crippen LogP) is 1.83. The second-order valence-corrected chi connectivity index (χ2v) is 7.88. The molecule has 6 heteroatoms. The van der Waals surface area contributed by atoms with Crippen molar-refractivity contribution in [2.45, 2.75) is 38.0 Å². The highest BCUT2D eigenvalue weighted by Gasteiger charge is 2.36. The fourth-order valence-corrected chi connectivity index (χ4v) is 4.80. The van der Waals surface area contributed by atoms with Crippen LogP contribution in [0.5, 0.6) is 0 Å². The number of benzene rings is 1. The molecule has 1 aliphatic rings. The lowest BCUT2D eigenvalue weighted by molar-refractivity contribution is 0.0569. The van der Waals surface area contributed by atoms with Crippen LogP contribution < -0.4 is 4.72 Å². The lowest BCUT2D eigenvalue weighted by atomic mass is 9.91. The molecule has 0 radical (unpaired) electrons. The van der Waals surface area contributed by atoms with E-state index >= 15 is 0 Å². The van der Waals surface area contributed by atoms with Gasteiger partial charge in [0, 0.05) is 18.6 Å². The largest absolute Gasteiger partial charge is 0.381 e. The summed E-state index contributed by atoms with van der Waals surface area (Å²) in [6.07, 6.45) is 1.02. The van der Waals surface area contributed by atoms with Gasteiger partial charge in [-0.1, -0.05) is 18.2 Å². The first-order chi connectivity index (χ1) is 10.4. The fraction of sp³-hybridized carbons (Fsp3) is 0.562. The molecule has 5 nitrogen and oxygen atoms in total. The molecule has 0 amide bonds. The van der Waals surface area contributed by atoms with E-state index in [4.69, 9.17) is 4.74 Å². The number of hydrogen-bond acceptors (Lipinski definition) is 4. The number of nitriles is 1. The molecule has 0 saturated carbocycles. The molecule has 1 saturated heterocycles. The summed E-state index contributed by atoms with van der Waals surface area (Å²) in [6.45, 7) is 4.50. The summed E-state index contributed by atoms with van der Waals surface area (Å²) >= 11 is 0. The quantitative estimate of drug-likeness (QED) is 0.897. The van der Waals surface area contributed by atoms with E-state index in [1.54, 1.807) is 6.07 Å². The van der Waals surface area contributed by atoms with Crippen molar-refractivity contribution in [3.8, 4) is 6.07 Å². The highest BCUT2D eigenvalue weighted by atomic mass is 32.2. The Balaban J connectivity index is 2.22. The Morgan fingerprint density at radius 3 is 2.82 bits per heavy atom. The average Bonchev–Trinajstić information content (AvgIpc) is 2.47. The van der Waals surface area contributed by atoms with E-state index in [0.717, 1.165) is 5.56 Å². The Bertz CT molecular complexity index is 650. The number of nitrogens with one attached hydrogen (secondary N) is 1. The maximum absolute atomic E-state index is 12.5. The zero-order valence-corrected chi connectivity index (χ0v) is 13.8. The van der Waals surface area contributed by atoms with E-state index in [-0.39, 0.29) is 12.0 Å². The summed E-state index contributed by atoms with van der Waals surface area (Å²) in [5, 5.41) is 8.70. The Kier molecular flexibility index (Phi) is 5.57. The van der Waals surface area contributed by atoms with E-state index in [1.807, 2.05) is 32.0 Å². The van der Waals surface area contributed by atoms with Crippen LogP contribution in [0.3, 0.4) is 0 Å². The summed E-state index contributed by atoms with van der Waals surface area (Å²) < 4.78 is 33.2. The van der Waals surface area contributed by atoms with E-state index in [1.165, 1.54) is 0 Å². The molecular weight excluding hydrogens is 300 g/mol. The SMILES string of the molecule is CC(C)NS(=O)(=O)[C@@H]1CCOC[C@H]1Cc1ccccc1C#N. The third kappa shape index (κ3) is 4.07. The van der Waals surface area contributed by atoms with Gasteiger partial charge in [0.05, 0.1) is 23.5 Å². The third-order valence-corrected chi connectivity index (χ3v) is 6.04. The average molecular weight is 322 g/mol. The summed E-state index contributed by atoms with van der Waals surface area (Å²) in [7, 11) is -3.38. The second kappa shape index (κ2) is 7.23. The zero-order chi connectivity index (χ0) is 16.2. The van der Waals surface area contributed by atoms with Gasteiger partial charge in [0.1, 0.15) is 0 Å². The molecule has 2 rings (SSSR count). The van der Waals surface area contributed by atoms with E-state index in [9.17, 15) is 13.7 Å². The highest BCUT2D eigenvalue weighted by molar-refractivity contribution is 7.90. The second-order valence-electron chi connectivity index (χ2n) is 5.95. The maximum atomic E-state index is 12.5. The van der Waals surface area contributed by atoms with Crippen LogP contribution in [0.1, 0.15) is 31.4 Å². The Hall–Kier alpha value is -1.42. The van der Waals surface area contributed by atoms with Crippen LogP contribution in [0.15, 0.2) is 24.3 Å². The zero-order valence-electron chi connectivity index (χ0n) is 13.0. The van der Waals surface area contributed by atoms with Crippen LogP contribution >= 0.6 is 0 Å². The van der Waals surface area contributed by atoms with Crippen molar-refractivity contribution >= 4 is 10.0 Å². The number of ether oxygens (including phenoxy) is 1. The molecule has 1 aliphatic heterocycles. The predicted molar refractivity (Wildman–Crippen MR) is 84.8 cm³/mol. The van der Waals surface area contributed by atoms with Crippen molar-refractivity contribution in [2.75, 3.05) is 13.2 Å². The van der Waals surface area contributed by atoms with Gasteiger partial charge in [-0.05, 0) is 38.3 Å².